The van der Waals surface area contributed by atoms with Gasteiger partial charge >= 0.3 is 0 Å². The fourth-order valence-corrected chi connectivity index (χ4v) is 2.08. The zero-order valence-electron chi connectivity index (χ0n) is 8.14. The van der Waals surface area contributed by atoms with Crippen LogP contribution in [-0.2, 0) is 6.54 Å². The largest absolute Gasteiger partial charge is 0.466 e. The molecule has 0 radical (unpaired) electrons. The molecule has 0 fully saturated rings. The van der Waals surface area contributed by atoms with Gasteiger partial charge in [-0.3, -0.25) is 0 Å². The number of hydrogen-bond acceptors (Lipinski definition) is 2. The lowest BCUT2D eigenvalue weighted by atomic mass is 10.3. The van der Waals surface area contributed by atoms with E-state index in [4.69, 9.17) is 16.0 Å². The number of nitrogens with one attached hydrogen (secondary N) is 1. The fraction of sp³-hybridized carbons (Fsp3) is 0.0909. The monoisotopic (exact) mass is 363 g/mol. The highest BCUT2D eigenvalue weighted by atomic mass is 79.9. The Labute approximate surface area is 115 Å². The fourth-order valence-electron chi connectivity index (χ4n) is 1.24. The first-order valence-corrected chi connectivity index (χ1v) is 6.54. The van der Waals surface area contributed by atoms with Crippen LogP contribution in [-0.4, -0.2) is 0 Å². The van der Waals surface area contributed by atoms with Crippen molar-refractivity contribution >= 4 is 49.1 Å². The Bertz CT molecular complexity index is 498. The Hall–Kier alpha value is -0.450. The standard InChI is InChI=1S/C11H8Br2ClNO/c12-8-3-4-16-11(8)6-15-7-1-2-10(14)9(13)5-7/h1-5,15H,6H2. The molecule has 0 bridgehead atoms. The molecule has 1 N–H and O–H groups in total. The third kappa shape index (κ3) is 2.81. The second-order valence-corrected chi connectivity index (χ2v) is 5.29. The van der Waals surface area contributed by atoms with Crippen LogP contribution in [0.3, 0.4) is 0 Å². The van der Waals surface area contributed by atoms with Crippen LogP contribution < -0.4 is 5.32 Å². The number of halogens is 3. The van der Waals surface area contributed by atoms with Crippen molar-refractivity contribution in [1.82, 2.24) is 0 Å². The van der Waals surface area contributed by atoms with Crippen molar-refractivity contribution in [2.24, 2.45) is 0 Å². The second kappa shape index (κ2) is 5.25. The highest BCUT2D eigenvalue weighted by Crippen LogP contribution is 2.26. The SMILES string of the molecule is Clc1ccc(NCc2occc2Br)cc1Br. The highest BCUT2D eigenvalue weighted by molar-refractivity contribution is 9.10. The van der Waals surface area contributed by atoms with Crippen molar-refractivity contribution in [3.05, 3.63) is 50.3 Å². The van der Waals surface area contributed by atoms with Gasteiger partial charge in [-0.1, -0.05) is 11.6 Å². The number of rotatable bonds is 3. The van der Waals surface area contributed by atoms with Crippen molar-refractivity contribution in [1.29, 1.82) is 0 Å². The maximum Gasteiger partial charge on any atom is 0.136 e. The van der Waals surface area contributed by atoms with Crippen LogP contribution in [0.5, 0.6) is 0 Å². The Morgan fingerprint density at radius 3 is 2.62 bits per heavy atom. The summed E-state index contributed by atoms with van der Waals surface area (Å²) in [4.78, 5) is 0. The maximum atomic E-state index is 5.90. The summed E-state index contributed by atoms with van der Waals surface area (Å²) in [6, 6.07) is 7.56. The van der Waals surface area contributed by atoms with Gasteiger partial charge < -0.3 is 9.73 Å². The average Bonchev–Trinajstić information content (AvgIpc) is 2.66. The summed E-state index contributed by atoms with van der Waals surface area (Å²) in [6.07, 6.45) is 1.65. The molecule has 0 atom stereocenters. The summed E-state index contributed by atoms with van der Waals surface area (Å²) in [6.45, 7) is 0.627. The van der Waals surface area contributed by atoms with Gasteiger partial charge in [0.1, 0.15) is 5.76 Å². The molecule has 0 unspecified atom stereocenters. The number of furan rings is 1. The zero-order chi connectivity index (χ0) is 11.5. The van der Waals surface area contributed by atoms with Gasteiger partial charge in [0.05, 0.1) is 22.3 Å². The summed E-state index contributed by atoms with van der Waals surface area (Å²) >= 11 is 12.7. The van der Waals surface area contributed by atoms with Crippen LogP contribution in [0, 0.1) is 0 Å². The smallest absolute Gasteiger partial charge is 0.136 e. The van der Waals surface area contributed by atoms with Gasteiger partial charge in [-0.25, -0.2) is 0 Å². The topological polar surface area (TPSA) is 25.2 Å². The lowest BCUT2D eigenvalue weighted by molar-refractivity contribution is 0.516. The Kier molecular flexibility index (Phi) is 3.95. The molecule has 1 heterocycles. The molecular formula is C11H8Br2ClNO. The number of anilines is 1. The molecule has 1 aromatic carbocycles. The minimum absolute atomic E-state index is 0.627. The molecule has 5 heteroatoms. The number of hydrogen-bond donors (Lipinski definition) is 1. The highest BCUT2D eigenvalue weighted by Gasteiger charge is 2.03. The van der Waals surface area contributed by atoms with Gasteiger partial charge in [0, 0.05) is 10.2 Å². The molecule has 84 valence electrons. The van der Waals surface area contributed by atoms with Crippen molar-refractivity contribution < 1.29 is 4.42 Å². The van der Waals surface area contributed by atoms with E-state index in [9.17, 15) is 0 Å². The normalized spacial score (nSPS) is 10.4. The van der Waals surface area contributed by atoms with Crippen LogP contribution >= 0.6 is 43.5 Å². The first-order valence-electron chi connectivity index (χ1n) is 4.57. The van der Waals surface area contributed by atoms with E-state index < -0.39 is 0 Å². The minimum atomic E-state index is 0.627. The maximum absolute atomic E-state index is 5.90. The molecule has 2 rings (SSSR count). The molecule has 0 aliphatic carbocycles. The van der Waals surface area contributed by atoms with E-state index in [0.29, 0.717) is 11.6 Å². The molecule has 2 aromatic rings. The number of benzene rings is 1. The van der Waals surface area contributed by atoms with Gasteiger partial charge in [-0.15, -0.1) is 0 Å². The molecule has 0 aliphatic rings. The average molecular weight is 365 g/mol. The summed E-state index contributed by atoms with van der Waals surface area (Å²) < 4.78 is 7.13. The molecule has 0 saturated carbocycles. The van der Waals surface area contributed by atoms with Gasteiger partial charge in [-0.2, -0.15) is 0 Å². The van der Waals surface area contributed by atoms with Crippen molar-refractivity contribution in [3.8, 4) is 0 Å². The predicted molar refractivity (Wildman–Crippen MR) is 72.9 cm³/mol. The summed E-state index contributed by atoms with van der Waals surface area (Å²) in [5.74, 6) is 0.867. The first kappa shape index (κ1) is 12.0. The molecule has 16 heavy (non-hydrogen) atoms. The van der Waals surface area contributed by atoms with Gasteiger partial charge in [0.25, 0.3) is 0 Å². The second-order valence-electron chi connectivity index (χ2n) is 3.17. The Morgan fingerprint density at radius 2 is 2.00 bits per heavy atom. The van der Waals surface area contributed by atoms with E-state index in [0.717, 1.165) is 20.4 Å². The van der Waals surface area contributed by atoms with Crippen molar-refractivity contribution in [2.75, 3.05) is 5.32 Å². The Morgan fingerprint density at radius 1 is 1.19 bits per heavy atom. The molecule has 0 saturated heterocycles. The van der Waals surface area contributed by atoms with Crippen LogP contribution in [0.25, 0.3) is 0 Å². The van der Waals surface area contributed by atoms with Crippen molar-refractivity contribution in [3.63, 3.8) is 0 Å². The summed E-state index contributed by atoms with van der Waals surface area (Å²) in [5, 5.41) is 3.94. The minimum Gasteiger partial charge on any atom is -0.466 e. The van der Waals surface area contributed by atoms with E-state index in [1.165, 1.54) is 0 Å². The molecule has 0 aliphatic heterocycles. The van der Waals surface area contributed by atoms with Crippen molar-refractivity contribution in [2.45, 2.75) is 6.54 Å². The van der Waals surface area contributed by atoms with Gasteiger partial charge in [0.2, 0.25) is 0 Å². The molecule has 2 nitrogen and oxygen atoms in total. The molecule has 1 aromatic heterocycles. The van der Waals surface area contributed by atoms with E-state index in [1.54, 1.807) is 6.26 Å². The van der Waals surface area contributed by atoms with Crippen LogP contribution in [0.4, 0.5) is 5.69 Å². The van der Waals surface area contributed by atoms with E-state index in [1.807, 2.05) is 24.3 Å². The Balaban J connectivity index is 2.05. The van der Waals surface area contributed by atoms with Gasteiger partial charge in [-0.05, 0) is 56.1 Å². The molecule has 0 spiro atoms. The lowest BCUT2D eigenvalue weighted by Crippen LogP contribution is -1.98. The van der Waals surface area contributed by atoms with E-state index >= 15 is 0 Å². The molecular weight excluding hydrogens is 357 g/mol. The van der Waals surface area contributed by atoms with Crippen LogP contribution in [0.15, 0.2) is 43.9 Å². The van der Waals surface area contributed by atoms with E-state index in [-0.39, 0.29) is 0 Å². The van der Waals surface area contributed by atoms with Crippen LogP contribution in [0.1, 0.15) is 5.76 Å². The zero-order valence-corrected chi connectivity index (χ0v) is 12.1. The van der Waals surface area contributed by atoms with E-state index in [2.05, 4.69) is 37.2 Å². The first-order chi connectivity index (χ1) is 7.66. The lowest BCUT2D eigenvalue weighted by Gasteiger charge is -2.06. The molecule has 0 amide bonds. The third-order valence-corrected chi connectivity index (χ3v) is 3.98. The van der Waals surface area contributed by atoms with Crippen LogP contribution in [0.2, 0.25) is 5.02 Å². The predicted octanol–water partition coefficient (Wildman–Crippen LogP) is 5.07. The quantitative estimate of drug-likeness (QED) is 0.821. The summed E-state index contributed by atoms with van der Waals surface area (Å²) in [5.41, 5.74) is 0.986. The van der Waals surface area contributed by atoms with Gasteiger partial charge in [0.15, 0.2) is 0 Å². The third-order valence-electron chi connectivity index (χ3n) is 2.06. The summed E-state index contributed by atoms with van der Waals surface area (Å²) in [7, 11) is 0.